The molecule has 2 aromatic carbocycles. The first-order chi connectivity index (χ1) is 16.8. The Balaban J connectivity index is 1.22. The number of halogens is 2. The van der Waals surface area contributed by atoms with Gasteiger partial charge in [0, 0.05) is 5.69 Å². The largest absolute Gasteiger partial charge is 0.452 e. The van der Waals surface area contributed by atoms with E-state index >= 15 is 0 Å². The number of hydrogen-bond donors (Lipinski definition) is 1. The van der Waals surface area contributed by atoms with Gasteiger partial charge in [-0.2, -0.15) is 0 Å². The van der Waals surface area contributed by atoms with Crippen molar-refractivity contribution in [1.82, 2.24) is 0 Å². The summed E-state index contributed by atoms with van der Waals surface area (Å²) < 4.78 is 5.14. The highest BCUT2D eigenvalue weighted by atomic mass is 35.5. The summed E-state index contributed by atoms with van der Waals surface area (Å²) >= 11 is 12.8. The first kappa shape index (κ1) is 23.8. The third kappa shape index (κ3) is 4.00. The molecule has 2 saturated carbocycles. The Labute approximate surface area is 212 Å². The van der Waals surface area contributed by atoms with Gasteiger partial charge in [-0.25, -0.2) is 4.79 Å². The maximum atomic E-state index is 13.1. The molecule has 7 nitrogen and oxygen atoms in total. The Kier molecular flexibility index (Phi) is 6.32. The summed E-state index contributed by atoms with van der Waals surface area (Å²) in [6.45, 7) is 1.55. The molecule has 9 heteroatoms. The van der Waals surface area contributed by atoms with Crippen molar-refractivity contribution in [2.45, 2.75) is 30.5 Å². The van der Waals surface area contributed by atoms with Crippen molar-refractivity contribution in [2.24, 2.45) is 23.7 Å². The molecule has 6 atom stereocenters. The molecule has 2 aromatic rings. The highest BCUT2D eigenvalue weighted by Gasteiger charge is 2.66. The molecule has 2 aliphatic carbocycles. The second kappa shape index (κ2) is 9.28. The average Bonchev–Trinajstić information content (AvgIpc) is 3.47. The first-order valence-corrected chi connectivity index (χ1v) is 12.5. The van der Waals surface area contributed by atoms with E-state index in [-0.39, 0.29) is 40.0 Å². The zero-order chi connectivity index (χ0) is 24.9. The van der Waals surface area contributed by atoms with Gasteiger partial charge in [0.1, 0.15) is 0 Å². The minimum Gasteiger partial charge on any atom is -0.452 e. The molecule has 2 bridgehead atoms. The van der Waals surface area contributed by atoms with E-state index < -0.39 is 30.3 Å². The van der Waals surface area contributed by atoms with E-state index in [1.807, 2.05) is 25.1 Å². The van der Waals surface area contributed by atoms with Gasteiger partial charge in [-0.1, -0.05) is 25.1 Å². The van der Waals surface area contributed by atoms with Crippen molar-refractivity contribution in [3.05, 3.63) is 59.7 Å². The zero-order valence-corrected chi connectivity index (χ0v) is 20.5. The number of hydrogen-bond acceptors (Lipinski definition) is 5. The molecule has 3 aliphatic rings. The average molecular weight is 515 g/mol. The Morgan fingerprint density at radius 2 is 1.57 bits per heavy atom. The summed E-state index contributed by atoms with van der Waals surface area (Å²) in [6, 6.07) is 13.4. The van der Waals surface area contributed by atoms with Crippen molar-refractivity contribution in [1.29, 1.82) is 0 Å². The summed E-state index contributed by atoms with van der Waals surface area (Å²) in [5, 5.41) is 2.11. The van der Waals surface area contributed by atoms with Crippen LogP contribution >= 0.6 is 23.2 Å². The number of carbonyl (C=O) groups excluding carboxylic acids is 4. The number of imide groups is 1. The van der Waals surface area contributed by atoms with Crippen molar-refractivity contribution < 1.29 is 23.9 Å². The van der Waals surface area contributed by atoms with Crippen LogP contribution in [0, 0.1) is 23.7 Å². The van der Waals surface area contributed by atoms with E-state index in [4.69, 9.17) is 27.9 Å². The lowest BCUT2D eigenvalue weighted by Gasteiger charge is -2.28. The maximum Gasteiger partial charge on any atom is 0.338 e. The van der Waals surface area contributed by atoms with Crippen LogP contribution in [0.25, 0.3) is 0 Å². The van der Waals surface area contributed by atoms with E-state index in [9.17, 15) is 19.2 Å². The number of aryl methyl sites for hydroxylation is 1. The number of amides is 3. The first-order valence-electron chi connectivity index (χ1n) is 11.6. The fraction of sp³-hybridized carbons (Fsp3) is 0.385. The molecule has 0 aromatic heterocycles. The van der Waals surface area contributed by atoms with Gasteiger partial charge in [0.05, 0.1) is 33.8 Å². The topological polar surface area (TPSA) is 92.8 Å². The lowest BCUT2D eigenvalue weighted by molar-refractivity contribution is -0.123. The maximum absolute atomic E-state index is 13.1. The number of rotatable bonds is 6. The van der Waals surface area contributed by atoms with Gasteiger partial charge in [0.2, 0.25) is 11.8 Å². The number of para-hydroxylation sites is 1. The highest BCUT2D eigenvalue weighted by Crippen LogP contribution is 2.59. The number of nitrogens with one attached hydrogen (secondary N) is 1. The minimum absolute atomic E-state index is 0.0969. The predicted octanol–water partition coefficient (Wildman–Crippen LogP) is 4.01. The number of benzene rings is 2. The van der Waals surface area contributed by atoms with Gasteiger partial charge in [-0.05, 0) is 60.6 Å². The molecule has 182 valence electrons. The summed E-state index contributed by atoms with van der Waals surface area (Å²) in [5.74, 6) is -2.72. The fourth-order valence-corrected chi connectivity index (χ4v) is 6.59. The summed E-state index contributed by atoms with van der Waals surface area (Å²) in [6.07, 6.45) is 1.46. The molecule has 1 N–H and O–H groups in total. The van der Waals surface area contributed by atoms with Crippen LogP contribution in [0.5, 0.6) is 0 Å². The molecule has 0 spiro atoms. The summed E-state index contributed by atoms with van der Waals surface area (Å²) in [7, 11) is 0. The molecule has 3 amide bonds. The number of esters is 1. The van der Waals surface area contributed by atoms with Gasteiger partial charge >= 0.3 is 5.97 Å². The standard InChI is InChI=1S/C26H24Cl2N2O5/c1-2-13-5-3-4-6-18(13)29-19(31)12-35-26(34)14-7-9-15(10-8-14)30-24(32)20-16-11-17(21(20)25(30)33)23(28)22(16)27/h3-10,16-17,20-23H,2,11-12H2,1H3,(H,29,31)/t16-,17-,20-,21+,22+,23+/m1/s1. The third-order valence-corrected chi connectivity index (χ3v) is 8.67. The van der Waals surface area contributed by atoms with Crippen molar-refractivity contribution in [2.75, 3.05) is 16.8 Å². The quantitative estimate of drug-likeness (QED) is 0.357. The minimum atomic E-state index is -0.681. The predicted molar refractivity (Wildman–Crippen MR) is 132 cm³/mol. The number of nitrogens with zero attached hydrogens (tertiary/aromatic N) is 1. The molecule has 0 radical (unpaired) electrons. The van der Waals surface area contributed by atoms with Crippen LogP contribution in [-0.4, -0.2) is 41.1 Å². The number of alkyl halides is 2. The monoisotopic (exact) mass is 514 g/mol. The van der Waals surface area contributed by atoms with Crippen LogP contribution in [0.1, 0.15) is 29.3 Å². The SMILES string of the molecule is CCc1ccccc1NC(=O)COC(=O)c1ccc(N2C(=O)[C@@H]3[C@H]4C[C@@H]([C@H](Cl)[C@H]4Cl)[C@@H]3C2=O)cc1. The Morgan fingerprint density at radius 3 is 2.17 bits per heavy atom. The van der Waals surface area contributed by atoms with Crippen LogP contribution in [0.4, 0.5) is 11.4 Å². The van der Waals surface area contributed by atoms with E-state index in [1.165, 1.54) is 29.2 Å². The molecular formula is C26H24Cl2N2O5. The van der Waals surface area contributed by atoms with E-state index in [1.54, 1.807) is 6.07 Å². The van der Waals surface area contributed by atoms with E-state index in [0.717, 1.165) is 12.0 Å². The van der Waals surface area contributed by atoms with Crippen LogP contribution < -0.4 is 10.2 Å². The van der Waals surface area contributed by atoms with E-state index in [2.05, 4.69) is 5.32 Å². The highest BCUT2D eigenvalue weighted by molar-refractivity contribution is 6.32. The van der Waals surface area contributed by atoms with Crippen molar-refractivity contribution >= 4 is 58.3 Å². The number of anilines is 2. The Morgan fingerprint density at radius 1 is 0.971 bits per heavy atom. The van der Waals surface area contributed by atoms with Crippen molar-refractivity contribution in [3.8, 4) is 0 Å². The third-order valence-electron chi connectivity index (χ3n) is 7.36. The molecule has 1 saturated heterocycles. The molecule has 5 rings (SSSR count). The zero-order valence-electron chi connectivity index (χ0n) is 18.9. The lowest BCUT2D eigenvalue weighted by atomic mass is 9.80. The molecule has 0 unspecified atom stereocenters. The summed E-state index contributed by atoms with van der Waals surface area (Å²) in [5.41, 5.74) is 2.25. The molecule has 3 fully saturated rings. The Hall–Kier alpha value is -2.90. The molecule has 1 heterocycles. The lowest BCUT2D eigenvalue weighted by Crippen LogP contribution is -2.37. The number of fused-ring (bicyclic) bond motifs is 5. The van der Waals surface area contributed by atoms with Gasteiger partial charge < -0.3 is 10.1 Å². The molecule has 1 aliphatic heterocycles. The second-order valence-electron chi connectivity index (χ2n) is 9.20. The van der Waals surface area contributed by atoms with Crippen LogP contribution in [-0.2, 0) is 25.5 Å². The Bertz CT molecular complexity index is 1170. The van der Waals surface area contributed by atoms with Gasteiger partial charge in [-0.15, -0.1) is 23.2 Å². The van der Waals surface area contributed by atoms with Crippen LogP contribution in [0.15, 0.2) is 48.5 Å². The summed E-state index contributed by atoms with van der Waals surface area (Å²) in [4.78, 5) is 52.0. The molecule has 35 heavy (non-hydrogen) atoms. The number of ether oxygens (including phenoxy) is 1. The normalized spacial score (nSPS) is 28.8. The van der Waals surface area contributed by atoms with Gasteiger partial charge in [-0.3, -0.25) is 19.3 Å². The van der Waals surface area contributed by atoms with Crippen LogP contribution in [0.2, 0.25) is 0 Å². The number of carbonyl (C=O) groups is 4. The van der Waals surface area contributed by atoms with Crippen LogP contribution in [0.3, 0.4) is 0 Å². The second-order valence-corrected chi connectivity index (χ2v) is 10.2. The fourth-order valence-electron chi connectivity index (χ4n) is 5.70. The van der Waals surface area contributed by atoms with Gasteiger partial charge in [0.25, 0.3) is 5.91 Å². The molecular weight excluding hydrogens is 491 g/mol. The van der Waals surface area contributed by atoms with Gasteiger partial charge in [0.15, 0.2) is 6.61 Å². The van der Waals surface area contributed by atoms with E-state index in [0.29, 0.717) is 17.8 Å². The smallest absolute Gasteiger partial charge is 0.338 e. The van der Waals surface area contributed by atoms with Crippen molar-refractivity contribution in [3.63, 3.8) is 0 Å².